The zero-order valence-electron chi connectivity index (χ0n) is 13.9. The lowest BCUT2D eigenvalue weighted by Crippen LogP contribution is -2.42. The molecule has 0 aromatic heterocycles. The smallest absolute Gasteiger partial charge is 0.125 e. The molecule has 2 N–H and O–H groups in total. The van der Waals surface area contributed by atoms with Gasteiger partial charge in [-0.1, -0.05) is 61.7 Å². The molecule has 1 heterocycles. The van der Waals surface area contributed by atoms with Crippen LogP contribution in [0.4, 0.5) is 0 Å². The summed E-state index contributed by atoms with van der Waals surface area (Å²) in [5.74, 6) is 1.68. The Labute approximate surface area is 143 Å². The molecule has 1 saturated carbocycles. The fourth-order valence-corrected chi connectivity index (χ4v) is 3.66. The van der Waals surface area contributed by atoms with Crippen LogP contribution in [0.2, 0.25) is 0 Å². The SMILES string of the molecule is OC1c2ccccc2OCC1NCc1cccc(CC2CCC2)c1. The van der Waals surface area contributed by atoms with Crippen molar-refractivity contribution in [3.63, 3.8) is 0 Å². The lowest BCUT2D eigenvalue weighted by molar-refractivity contribution is 0.0727. The minimum absolute atomic E-state index is 0.0739. The predicted octanol–water partition coefficient (Wildman–Crippen LogP) is 3.61. The molecule has 0 spiro atoms. The van der Waals surface area contributed by atoms with Gasteiger partial charge in [-0.05, 0) is 29.5 Å². The highest BCUT2D eigenvalue weighted by Crippen LogP contribution is 2.32. The van der Waals surface area contributed by atoms with Gasteiger partial charge >= 0.3 is 0 Å². The minimum atomic E-state index is -0.520. The minimum Gasteiger partial charge on any atom is -0.491 e. The van der Waals surface area contributed by atoms with Gasteiger partial charge in [0.1, 0.15) is 18.5 Å². The van der Waals surface area contributed by atoms with Crippen LogP contribution in [0.3, 0.4) is 0 Å². The van der Waals surface area contributed by atoms with E-state index in [1.807, 2.05) is 24.3 Å². The first kappa shape index (κ1) is 15.7. The van der Waals surface area contributed by atoms with E-state index in [4.69, 9.17) is 4.74 Å². The van der Waals surface area contributed by atoms with Crippen molar-refractivity contribution in [3.05, 3.63) is 65.2 Å². The normalized spacial score (nSPS) is 23.2. The van der Waals surface area contributed by atoms with E-state index in [2.05, 4.69) is 29.6 Å². The molecule has 1 aliphatic heterocycles. The fourth-order valence-electron chi connectivity index (χ4n) is 3.66. The molecule has 2 atom stereocenters. The first-order chi connectivity index (χ1) is 11.8. The molecule has 1 fully saturated rings. The van der Waals surface area contributed by atoms with Crippen molar-refractivity contribution in [2.45, 2.75) is 44.4 Å². The van der Waals surface area contributed by atoms with Crippen molar-refractivity contribution in [2.75, 3.05) is 6.61 Å². The second-order valence-electron chi connectivity index (χ2n) is 7.10. The van der Waals surface area contributed by atoms with Crippen LogP contribution in [0.1, 0.15) is 42.1 Å². The summed E-state index contributed by atoms with van der Waals surface area (Å²) in [5.41, 5.74) is 3.59. The summed E-state index contributed by atoms with van der Waals surface area (Å²) in [7, 11) is 0. The molecular formula is C21H25NO2. The third-order valence-corrected chi connectivity index (χ3v) is 5.35. The summed E-state index contributed by atoms with van der Waals surface area (Å²) < 4.78 is 5.77. The Hall–Kier alpha value is -1.84. The quantitative estimate of drug-likeness (QED) is 0.883. The molecule has 2 aliphatic rings. The Bertz CT molecular complexity index is 696. The molecule has 1 aliphatic carbocycles. The monoisotopic (exact) mass is 323 g/mol. The van der Waals surface area contributed by atoms with Gasteiger partial charge in [-0.3, -0.25) is 0 Å². The van der Waals surface area contributed by atoms with Gasteiger partial charge in [0.05, 0.1) is 6.04 Å². The van der Waals surface area contributed by atoms with Gasteiger partial charge in [0.2, 0.25) is 0 Å². The van der Waals surface area contributed by atoms with Crippen LogP contribution in [0.5, 0.6) is 5.75 Å². The Morgan fingerprint density at radius 1 is 1.04 bits per heavy atom. The third kappa shape index (κ3) is 3.33. The maximum atomic E-state index is 10.6. The van der Waals surface area contributed by atoms with Crippen LogP contribution >= 0.6 is 0 Å². The molecule has 0 amide bonds. The Kier molecular flexibility index (Phi) is 4.54. The molecule has 0 saturated heterocycles. The summed E-state index contributed by atoms with van der Waals surface area (Å²) in [6.45, 7) is 1.26. The molecule has 2 aromatic rings. The van der Waals surface area contributed by atoms with E-state index in [0.717, 1.165) is 23.8 Å². The van der Waals surface area contributed by atoms with E-state index in [0.29, 0.717) is 6.61 Å². The predicted molar refractivity (Wildman–Crippen MR) is 95.0 cm³/mol. The highest BCUT2D eigenvalue weighted by molar-refractivity contribution is 5.37. The van der Waals surface area contributed by atoms with E-state index in [-0.39, 0.29) is 6.04 Å². The number of aliphatic hydroxyl groups excluding tert-OH is 1. The summed E-state index contributed by atoms with van der Waals surface area (Å²) in [5, 5.41) is 14.0. The molecule has 2 aromatic carbocycles. The summed E-state index contributed by atoms with van der Waals surface area (Å²) in [6, 6.07) is 16.5. The Morgan fingerprint density at radius 3 is 2.71 bits per heavy atom. The van der Waals surface area contributed by atoms with E-state index in [9.17, 15) is 5.11 Å². The van der Waals surface area contributed by atoms with Gasteiger partial charge in [-0.25, -0.2) is 0 Å². The van der Waals surface area contributed by atoms with Crippen LogP contribution in [0, 0.1) is 5.92 Å². The van der Waals surface area contributed by atoms with Crippen molar-refractivity contribution >= 4 is 0 Å². The van der Waals surface area contributed by atoms with Crippen molar-refractivity contribution in [1.82, 2.24) is 5.32 Å². The zero-order valence-corrected chi connectivity index (χ0v) is 13.9. The van der Waals surface area contributed by atoms with Crippen LogP contribution < -0.4 is 10.1 Å². The van der Waals surface area contributed by atoms with E-state index in [1.165, 1.54) is 36.8 Å². The van der Waals surface area contributed by atoms with Crippen LogP contribution in [-0.2, 0) is 13.0 Å². The highest BCUT2D eigenvalue weighted by Gasteiger charge is 2.28. The van der Waals surface area contributed by atoms with Gasteiger partial charge in [0.15, 0.2) is 0 Å². The van der Waals surface area contributed by atoms with Gasteiger partial charge in [-0.15, -0.1) is 0 Å². The zero-order chi connectivity index (χ0) is 16.4. The molecule has 3 nitrogen and oxygen atoms in total. The van der Waals surface area contributed by atoms with Gasteiger partial charge in [0.25, 0.3) is 0 Å². The fraction of sp³-hybridized carbons (Fsp3) is 0.429. The number of hydrogen-bond acceptors (Lipinski definition) is 3. The molecule has 4 rings (SSSR count). The number of benzene rings is 2. The van der Waals surface area contributed by atoms with Crippen molar-refractivity contribution < 1.29 is 9.84 Å². The molecule has 2 unspecified atom stereocenters. The van der Waals surface area contributed by atoms with E-state index >= 15 is 0 Å². The van der Waals surface area contributed by atoms with Gasteiger partial charge in [0, 0.05) is 12.1 Å². The maximum absolute atomic E-state index is 10.6. The second-order valence-corrected chi connectivity index (χ2v) is 7.10. The second kappa shape index (κ2) is 6.96. The summed E-state index contributed by atoms with van der Waals surface area (Å²) >= 11 is 0. The number of nitrogens with one attached hydrogen (secondary N) is 1. The molecule has 24 heavy (non-hydrogen) atoms. The molecule has 3 heteroatoms. The molecular weight excluding hydrogens is 298 g/mol. The number of fused-ring (bicyclic) bond motifs is 1. The number of aliphatic hydroxyl groups is 1. The Balaban J connectivity index is 1.37. The summed E-state index contributed by atoms with van der Waals surface area (Å²) in [4.78, 5) is 0. The number of para-hydroxylation sites is 1. The molecule has 126 valence electrons. The van der Waals surface area contributed by atoms with E-state index in [1.54, 1.807) is 0 Å². The van der Waals surface area contributed by atoms with Gasteiger partial charge < -0.3 is 15.2 Å². The maximum Gasteiger partial charge on any atom is 0.125 e. The first-order valence-electron chi connectivity index (χ1n) is 9.00. The largest absolute Gasteiger partial charge is 0.491 e. The van der Waals surface area contributed by atoms with Crippen molar-refractivity contribution in [3.8, 4) is 5.75 Å². The average Bonchev–Trinajstić information content (AvgIpc) is 2.58. The Morgan fingerprint density at radius 2 is 1.88 bits per heavy atom. The number of ether oxygens (including phenoxy) is 1. The van der Waals surface area contributed by atoms with Gasteiger partial charge in [-0.2, -0.15) is 0 Å². The van der Waals surface area contributed by atoms with E-state index < -0.39 is 6.10 Å². The molecule has 0 radical (unpaired) electrons. The van der Waals surface area contributed by atoms with Crippen molar-refractivity contribution in [1.29, 1.82) is 0 Å². The number of rotatable bonds is 5. The first-order valence-corrected chi connectivity index (χ1v) is 9.00. The van der Waals surface area contributed by atoms with Crippen LogP contribution in [-0.4, -0.2) is 17.8 Å². The third-order valence-electron chi connectivity index (χ3n) is 5.35. The van der Waals surface area contributed by atoms with Crippen LogP contribution in [0.15, 0.2) is 48.5 Å². The van der Waals surface area contributed by atoms with Crippen LogP contribution in [0.25, 0.3) is 0 Å². The standard InChI is InChI=1S/C21H25NO2/c23-21-18-9-1-2-10-20(18)24-14-19(21)22-13-17-8-4-7-16(12-17)11-15-5-3-6-15/h1-2,4,7-10,12,15,19,21-23H,3,5-6,11,13-14H2. The topological polar surface area (TPSA) is 41.5 Å². The lowest BCUT2D eigenvalue weighted by Gasteiger charge is -2.31. The summed E-state index contributed by atoms with van der Waals surface area (Å²) in [6.07, 6.45) is 4.85. The molecule has 0 bridgehead atoms. The lowest BCUT2D eigenvalue weighted by atomic mass is 9.81. The number of hydrogen-bond donors (Lipinski definition) is 2. The van der Waals surface area contributed by atoms with Crippen molar-refractivity contribution in [2.24, 2.45) is 5.92 Å². The average molecular weight is 323 g/mol. The highest BCUT2D eigenvalue weighted by atomic mass is 16.5.